The van der Waals surface area contributed by atoms with Gasteiger partial charge in [-0.25, -0.2) is 0 Å². The van der Waals surface area contributed by atoms with Gasteiger partial charge in [-0.05, 0) is 36.7 Å². The Labute approximate surface area is 72.3 Å². The van der Waals surface area contributed by atoms with Gasteiger partial charge in [-0.15, -0.1) is 0 Å². The molecule has 1 fully saturated rings. The number of nitrogens with one attached hydrogen (secondary N) is 1. The minimum absolute atomic E-state index is 0.548. The van der Waals surface area contributed by atoms with Crippen molar-refractivity contribution in [2.45, 2.75) is 12.5 Å². The first-order chi connectivity index (χ1) is 5.90. The molecule has 1 N–H and O–H groups in total. The summed E-state index contributed by atoms with van der Waals surface area (Å²) in [6.45, 7) is 4.83. The molecule has 2 nitrogen and oxygen atoms in total. The van der Waals surface area contributed by atoms with Crippen molar-refractivity contribution in [1.29, 1.82) is 0 Å². The van der Waals surface area contributed by atoms with Gasteiger partial charge in [0.1, 0.15) is 0 Å². The van der Waals surface area contributed by atoms with Crippen LogP contribution in [-0.2, 0) is 0 Å². The molecule has 62 valence electrons. The lowest BCUT2D eigenvalue weighted by Gasteiger charge is -2.27. The lowest BCUT2D eigenvalue weighted by molar-refractivity contribution is 0.383. The van der Waals surface area contributed by atoms with Crippen molar-refractivity contribution in [3.63, 3.8) is 0 Å². The number of nitrogens with zero attached hydrogens (tertiary/aromatic N) is 1. The molecular formula is C10H12N2. The van der Waals surface area contributed by atoms with Gasteiger partial charge < -0.3 is 5.32 Å². The van der Waals surface area contributed by atoms with Crippen molar-refractivity contribution in [2.24, 2.45) is 0 Å². The van der Waals surface area contributed by atoms with E-state index >= 15 is 0 Å². The monoisotopic (exact) mass is 160 g/mol. The third kappa shape index (κ3) is 1.25. The first-order valence-electron chi connectivity index (χ1n) is 4.22. The Balaban J connectivity index is 2.25. The smallest absolute Gasteiger partial charge is 0.0627 e. The minimum atomic E-state index is 0.548. The molecule has 2 rings (SSSR count). The number of pyridine rings is 1. The molecule has 0 spiro atoms. The normalized spacial score (nSPS) is 21.5. The molecule has 0 radical (unpaired) electrons. The molecule has 0 amide bonds. The zero-order valence-corrected chi connectivity index (χ0v) is 6.96. The first-order valence-corrected chi connectivity index (χ1v) is 4.22. The van der Waals surface area contributed by atoms with Crippen LogP contribution in [0.25, 0.3) is 6.08 Å². The summed E-state index contributed by atoms with van der Waals surface area (Å²) in [6.07, 6.45) is 4.86. The molecule has 0 unspecified atom stereocenters. The quantitative estimate of drug-likeness (QED) is 0.713. The summed E-state index contributed by atoms with van der Waals surface area (Å²) in [6, 6.07) is 4.69. The molecule has 2 heteroatoms. The predicted octanol–water partition coefficient (Wildman–Crippen LogP) is 1.76. The third-order valence-corrected chi connectivity index (χ3v) is 2.24. The third-order valence-electron chi connectivity index (χ3n) is 2.24. The van der Waals surface area contributed by atoms with Crippen molar-refractivity contribution >= 4 is 6.08 Å². The summed E-state index contributed by atoms with van der Waals surface area (Å²) in [5.74, 6) is 0. The van der Waals surface area contributed by atoms with Crippen LogP contribution < -0.4 is 5.32 Å². The zero-order valence-electron chi connectivity index (χ0n) is 6.96. The molecular weight excluding hydrogens is 148 g/mol. The van der Waals surface area contributed by atoms with Crippen LogP contribution in [0.3, 0.4) is 0 Å². The van der Waals surface area contributed by atoms with Crippen LogP contribution in [0, 0.1) is 0 Å². The van der Waals surface area contributed by atoms with E-state index in [1.54, 1.807) is 6.08 Å². The van der Waals surface area contributed by atoms with Crippen molar-refractivity contribution in [2.75, 3.05) is 6.54 Å². The zero-order chi connectivity index (χ0) is 8.39. The van der Waals surface area contributed by atoms with Gasteiger partial charge in [0.25, 0.3) is 0 Å². The van der Waals surface area contributed by atoms with Gasteiger partial charge in [0.05, 0.1) is 5.69 Å². The van der Waals surface area contributed by atoms with Gasteiger partial charge in [-0.1, -0.05) is 6.58 Å². The van der Waals surface area contributed by atoms with Crippen molar-refractivity contribution in [1.82, 2.24) is 10.3 Å². The Kier molecular flexibility index (Phi) is 1.92. The fourth-order valence-electron chi connectivity index (χ4n) is 1.37. The SMILES string of the molecule is C=Cc1cc([C@H]2CCN2)ccn1. The Hall–Kier alpha value is -1.15. The second-order valence-electron chi connectivity index (χ2n) is 3.01. The van der Waals surface area contributed by atoms with Gasteiger partial charge in [0, 0.05) is 12.2 Å². The molecule has 1 aliphatic heterocycles. The summed E-state index contributed by atoms with van der Waals surface area (Å²) in [5, 5.41) is 3.35. The average molecular weight is 160 g/mol. The number of aromatic nitrogens is 1. The van der Waals surface area contributed by atoms with Crippen molar-refractivity contribution in [3.8, 4) is 0 Å². The largest absolute Gasteiger partial charge is 0.310 e. The molecule has 1 aliphatic rings. The summed E-state index contributed by atoms with van der Waals surface area (Å²) < 4.78 is 0. The molecule has 1 aromatic rings. The van der Waals surface area contributed by atoms with Crippen molar-refractivity contribution in [3.05, 3.63) is 36.2 Å². The molecule has 0 aliphatic carbocycles. The highest BCUT2D eigenvalue weighted by Gasteiger charge is 2.17. The molecule has 1 saturated heterocycles. The van der Waals surface area contributed by atoms with E-state index < -0.39 is 0 Å². The maximum atomic E-state index is 4.15. The second-order valence-corrected chi connectivity index (χ2v) is 3.01. The maximum absolute atomic E-state index is 4.15. The van der Waals surface area contributed by atoms with Gasteiger partial charge in [-0.2, -0.15) is 0 Å². The highest BCUT2D eigenvalue weighted by atomic mass is 15.0. The highest BCUT2D eigenvalue weighted by Crippen LogP contribution is 2.22. The Morgan fingerprint density at radius 1 is 1.67 bits per heavy atom. The fourth-order valence-corrected chi connectivity index (χ4v) is 1.37. The molecule has 0 saturated carbocycles. The van der Waals surface area contributed by atoms with E-state index in [2.05, 4.69) is 29.0 Å². The lowest BCUT2D eigenvalue weighted by Crippen LogP contribution is -2.34. The van der Waals surface area contributed by atoms with E-state index in [1.807, 2.05) is 6.20 Å². The Bertz CT molecular complexity index is 290. The summed E-state index contributed by atoms with van der Waals surface area (Å²) in [7, 11) is 0. The van der Waals surface area contributed by atoms with E-state index in [4.69, 9.17) is 0 Å². The summed E-state index contributed by atoms with van der Waals surface area (Å²) >= 11 is 0. The molecule has 0 bridgehead atoms. The minimum Gasteiger partial charge on any atom is -0.310 e. The standard InChI is InChI=1S/C10H12N2/c1-2-9-7-8(3-5-11-9)10-4-6-12-10/h2-3,5,7,10,12H,1,4,6H2/t10-/m1/s1. The van der Waals surface area contributed by atoms with Crippen LogP contribution in [0.5, 0.6) is 0 Å². The fraction of sp³-hybridized carbons (Fsp3) is 0.300. The van der Waals surface area contributed by atoms with E-state index in [0.29, 0.717) is 6.04 Å². The summed E-state index contributed by atoms with van der Waals surface area (Å²) in [4.78, 5) is 4.15. The second kappa shape index (κ2) is 3.07. The van der Waals surface area contributed by atoms with E-state index in [-0.39, 0.29) is 0 Å². The van der Waals surface area contributed by atoms with Crippen LogP contribution in [-0.4, -0.2) is 11.5 Å². The van der Waals surface area contributed by atoms with Crippen LogP contribution in [0.2, 0.25) is 0 Å². The van der Waals surface area contributed by atoms with Gasteiger partial charge in [0.15, 0.2) is 0 Å². The summed E-state index contributed by atoms with van der Waals surface area (Å²) in [5.41, 5.74) is 2.28. The van der Waals surface area contributed by atoms with Gasteiger partial charge >= 0.3 is 0 Å². The topological polar surface area (TPSA) is 24.9 Å². The van der Waals surface area contributed by atoms with E-state index in [9.17, 15) is 0 Å². The maximum Gasteiger partial charge on any atom is 0.0627 e. The van der Waals surface area contributed by atoms with E-state index in [0.717, 1.165) is 12.2 Å². The number of rotatable bonds is 2. The average Bonchev–Trinajstić information content (AvgIpc) is 2.02. The highest BCUT2D eigenvalue weighted by molar-refractivity contribution is 5.43. The van der Waals surface area contributed by atoms with Crippen LogP contribution in [0.4, 0.5) is 0 Å². The van der Waals surface area contributed by atoms with Gasteiger partial charge in [0.2, 0.25) is 0 Å². The Morgan fingerprint density at radius 2 is 2.50 bits per heavy atom. The van der Waals surface area contributed by atoms with E-state index in [1.165, 1.54) is 12.0 Å². The number of hydrogen-bond acceptors (Lipinski definition) is 2. The predicted molar refractivity (Wildman–Crippen MR) is 49.7 cm³/mol. The molecule has 1 aromatic heterocycles. The van der Waals surface area contributed by atoms with Gasteiger partial charge in [-0.3, -0.25) is 4.98 Å². The molecule has 12 heavy (non-hydrogen) atoms. The van der Waals surface area contributed by atoms with Crippen LogP contribution in [0.1, 0.15) is 23.7 Å². The van der Waals surface area contributed by atoms with Crippen molar-refractivity contribution < 1.29 is 0 Å². The first kappa shape index (κ1) is 7.50. The lowest BCUT2D eigenvalue weighted by atomic mass is 9.98. The molecule has 2 heterocycles. The Morgan fingerprint density at radius 3 is 3.08 bits per heavy atom. The molecule has 1 atom stereocenters. The molecule has 0 aromatic carbocycles. The van der Waals surface area contributed by atoms with Crippen LogP contribution in [0.15, 0.2) is 24.9 Å². The van der Waals surface area contributed by atoms with Crippen LogP contribution >= 0.6 is 0 Å². The number of hydrogen-bond donors (Lipinski definition) is 1.